The topological polar surface area (TPSA) is 31.4 Å². The van der Waals surface area contributed by atoms with Gasteiger partial charge in [0.25, 0.3) is 0 Å². The van der Waals surface area contributed by atoms with Gasteiger partial charge in [-0.15, -0.1) is 0 Å². The summed E-state index contributed by atoms with van der Waals surface area (Å²) in [6, 6.07) is 41.6. The van der Waals surface area contributed by atoms with E-state index in [4.69, 9.17) is 6.57 Å². The van der Waals surface area contributed by atoms with Crippen LogP contribution < -0.4 is 4.90 Å². The van der Waals surface area contributed by atoms with Crippen LogP contribution in [-0.2, 0) is 5.41 Å². The molecule has 6 aromatic carbocycles. The van der Waals surface area contributed by atoms with Gasteiger partial charge in [-0.25, -0.2) is 13.6 Å². The van der Waals surface area contributed by atoms with E-state index in [2.05, 4.69) is 83.7 Å². The molecule has 8 rings (SSSR count). The summed E-state index contributed by atoms with van der Waals surface area (Å²) >= 11 is 0. The Bertz CT molecular complexity index is 2130. The molecule has 2 aliphatic rings. The molecule has 0 saturated heterocycles. The summed E-state index contributed by atoms with van der Waals surface area (Å²) in [5.41, 5.74) is 10.1. The Labute approximate surface area is 253 Å². The van der Waals surface area contributed by atoms with Gasteiger partial charge in [0, 0.05) is 11.4 Å². The fourth-order valence-electron chi connectivity index (χ4n) is 7.19. The first-order chi connectivity index (χ1) is 21.5. The van der Waals surface area contributed by atoms with Crippen molar-refractivity contribution in [3.05, 3.63) is 178 Å². The van der Waals surface area contributed by atoms with Crippen LogP contribution >= 0.6 is 0 Å². The van der Waals surface area contributed by atoms with Crippen molar-refractivity contribution in [1.82, 2.24) is 0 Å². The third kappa shape index (κ3) is 3.51. The predicted octanol–water partition coefficient (Wildman–Crippen LogP) is 10.2. The largest absolute Gasteiger partial charge is 0.312 e. The molecule has 0 fully saturated rings. The Balaban J connectivity index is 1.46. The molecule has 206 valence electrons. The summed E-state index contributed by atoms with van der Waals surface area (Å²) in [5, 5.41) is 9.65. The lowest BCUT2D eigenvalue weighted by Gasteiger charge is -2.32. The number of hydrogen-bond acceptors (Lipinski definition) is 2. The zero-order valence-electron chi connectivity index (χ0n) is 23.2. The Morgan fingerprint density at radius 1 is 0.568 bits per heavy atom. The van der Waals surface area contributed by atoms with Crippen LogP contribution in [0.2, 0.25) is 0 Å². The number of fused-ring (bicyclic) bond motifs is 10. The van der Waals surface area contributed by atoms with E-state index in [-0.39, 0.29) is 11.3 Å². The minimum absolute atomic E-state index is 0.116. The van der Waals surface area contributed by atoms with E-state index in [1.165, 1.54) is 52.1 Å². The van der Waals surface area contributed by atoms with Gasteiger partial charge in [-0.2, -0.15) is 5.26 Å². The van der Waals surface area contributed by atoms with E-state index in [0.717, 1.165) is 16.7 Å². The van der Waals surface area contributed by atoms with Crippen molar-refractivity contribution in [3.63, 3.8) is 0 Å². The van der Waals surface area contributed by atoms with Gasteiger partial charge >= 0.3 is 0 Å². The van der Waals surface area contributed by atoms with E-state index in [9.17, 15) is 14.0 Å². The van der Waals surface area contributed by atoms with Crippen molar-refractivity contribution < 1.29 is 8.78 Å². The molecule has 0 saturated carbocycles. The molecule has 0 heterocycles. The second-order valence-corrected chi connectivity index (χ2v) is 11.0. The number of nitriles is 1. The van der Waals surface area contributed by atoms with E-state index in [1.807, 2.05) is 18.2 Å². The summed E-state index contributed by atoms with van der Waals surface area (Å²) in [4.78, 5) is 5.18. The van der Waals surface area contributed by atoms with Gasteiger partial charge in [0.05, 0.1) is 29.3 Å². The highest BCUT2D eigenvalue weighted by Gasteiger charge is 2.51. The van der Waals surface area contributed by atoms with Crippen LogP contribution in [0, 0.1) is 29.5 Å². The third-order valence-electron chi connectivity index (χ3n) is 8.76. The molecule has 5 heteroatoms. The summed E-state index contributed by atoms with van der Waals surface area (Å²) < 4.78 is 29.8. The Kier molecular flexibility index (Phi) is 5.53. The van der Waals surface area contributed by atoms with E-state index in [0.29, 0.717) is 17.1 Å². The fraction of sp³-hybridized carbons (Fsp3) is 0.0256. The average Bonchev–Trinajstić information content (AvgIpc) is 3.51. The lowest BCUT2D eigenvalue weighted by Crippen LogP contribution is -2.26. The van der Waals surface area contributed by atoms with Crippen LogP contribution in [0.3, 0.4) is 0 Å². The average molecular weight is 570 g/mol. The standard InChI is InChI=1S/C39H21F2N3/c1-43-27-18-26(41)20-30(21-27)44(29-17-24(23-42)16-25(40)19-29)28-14-15-34-33-10-4-7-13-37(33)39(38(34)22-28)35-11-5-2-8-31(35)32-9-3-6-12-36(32)39/h2-22H. The minimum Gasteiger partial charge on any atom is -0.312 e. The second-order valence-electron chi connectivity index (χ2n) is 11.0. The number of halogens is 2. The van der Waals surface area contributed by atoms with E-state index >= 15 is 0 Å². The molecule has 2 aliphatic carbocycles. The van der Waals surface area contributed by atoms with Crippen LogP contribution in [0.5, 0.6) is 0 Å². The van der Waals surface area contributed by atoms with Gasteiger partial charge in [-0.05, 0) is 93.0 Å². The van der Waals surface area contributed by atoms with Gasteiger partial charge in [0.2, 0.25) is 0 Å². The SMILES string of the molecule is [C-]#[N+]c1cc(F)cc(N(c2cc(F)cc(C#N)c2)c2ccc3c(c2)C2(c4ccccc4-c4ccccc42)c2ccccc2-3)c1. The summed E-state index contributed by atoms with van der Waals surface area (Å²) in [7, 11) is 0. The molecule has 0 aromatic heterocycles. The predicted molar refractivity (Wildman–Crippen MR) is 168 cm³/mol. The molecule has 3 nitrogen and oxygen atoms in total. The Morgan fingerprint density at radius 2 is 1.09 bits per heavy atom. The first-order valence-electron chi connectivity index (χ1n) is 14.2. The Hall–Kier alpha value is -6.04. The highest BCUT2D eigenvalue weighted by Crippen LogP contribution is 2.63. The smallest absolute Gasteiger partial charge is 0.192 e. The van der Waals surface area contributed by atoms with E-state index < -0.39 is 17.0 Å². The number of rotatable bonds is 3. The highest BCUT2D eigenvalue weighted by molar-refractivity contribution is 5.96. The van der Waals surface area contributed by atoms with Crippen molar-refractivity contribution >= 4 is 22.7 Å². The van der Waals surface area contributed by atoms with Gasteiger partial charge in [0.1, 0.15) is 11.6 Å². The van der Waals surface area contributed by atoms with Crippen LogP contribution in [0.15, 0.2) is 127 Å². The molecule has 0 N–H and O–H groups in total. The normalized spacial score (nSPS) is 12.9. The molecular formula is C39H21F2N3. The molecular weight excluding hydrogens is 548 g/mol. The van der Waals surface area contributed by atoms with Gasteiger partial charge in [-0.1, -0.05) is 78.9 Å². The lowest BCUT2D eigenvalue weighted by atomic mass is 9.70. The van der Waals surface area contributed by atoms with Gasteiger partial charge in [0.15, 0.2) is 5.69 Å². The van der Waals surface area contributed by atoms with Gasteiger partial charge < -0.3 is 4.90 Å². The maximum Gasteiger partial charge on any atom is 0.192 e. The number of nitrogens with zero attached hydrogens (tertiary/aromatic N) is 3. The number of benzene rings is 6. The van der Waals surface area contributed by atoms with Crippen LogP contribution in [0.25, 0.3) is 27.1 Å². The quantitative estimate of drug-likeness (QED) is 0.198. The van der Waals surface area contributed by atoms with Crippen molar-refractivity contribution in [2.75, 3.05) is 4.90 Å². The van der Waals surface area contributed by atoms with Crippen molar-refractivity contribution in [1.29, 1.82) is 5.26 Å². The zero-order chi connectivity index (χ0) is 30.0. The van der Waals surface area contributed by atoms with E-state index in [1.54, 1.807) is 17.0 Å². The third-order valence-corrected chi connectivity index (χ3v) is 8.76. The van der Waals surface area contributed by atoms with Crippen LogP contribution in [0.1, 0.15) is 27.8 Å². The first kappa shape index (κ1) is 25.7. The first-order valence-corrected chi connectivity index (χ1v) is 14.2. The van der Waals surface area contributed by atoms with Crippen molar-refractivity contribution in [3.8, 4) is 28.3 Å². The summed E-state index contributed by atoms with van der Waals surface area (Å²) in [5.74, 6) is -1.17. The molecule has 44 heavy (non-hydrogen) atoms. The fourth-order valence-corrected chi connectivity index (χ4v) is 7.19. The van der Waals surface area contributed by atoms with Gasteiger partial charge in [-0.3, -0.25) is 0 Å². The molecule has 0 radical (unpaired) electrons. The number of hydrogen-bond donors (Lipinski definition) is 0. The molecule has 0 unspecified atom stereocenters. The Morgan fingerprint density at radius 3 is 1.66 bits per heavy atom. The zero-order valence-corrected chi connectivity index (χ0v) is 23.2. The van der Waals surface area contributed by atoms with Crippen molar-refractivity contribution in [2.24, 2.45) is 0 Å². The van der Waals surface area contributed by atoms with Crippen LogP contribution in [-0.4, -0.2) is 0 Å². The minimum atomic E-state index is -0.607. The molecule has 1 spiro atoms. The molecule has 6 aromatic rings. The monoisotopic (exact) mass is 569 g/mol. The van der Waals surface area contributed by atoms with Crippen molar-refractivity contribution in [2.45, 2.75) is 5.41 Å². The maximum atomic E-state index is 14.9. The highest BCUT2D eigenvalue weighted by atomic mass is 19.1. The molecule has 0 atom stereocenters. The molecule has 0 bridgehead atoms. The lowest BCUT2D eigenvalue weighted by molar-refractivity contribution is 0.627. The second kappa shape index (κ2) is 9.49. The molecule has 0 amide bonds. The molecule has 0 aliphatic heterocycles. The summed E-state index contributed by atoms with van der Waals surface area (Å²) in [6.07, 6.45) is 0. The van der Waals surface area contributed by atoms with Crippen LogP contribution in [0.4, 0.5) is 31.5 Å². The maximum absolute atomic E-state index is 14.9. The number of anilines is 3. The summed E-state index contributed by atoms with van der Waals surface area (Å²) in [6.45, 7) is 7.54.